The summed E-state index contributed by atoms with van der Waals surface area (Å²) in [6, 6.07) is 0. The van der Waals surface area contributed by atoms with Gasteiger partial charge in [0, 0.05) is 87.4 Å². The first-order chi connectivity index (χ1) is 33.4. The highest BCUT2D eigenvalue weighted by Crippen LogP contribution is 2.24. The number of amides is 2. The Bertz CT molecular complexity index is 1850. The summed E-state index contributed by atoms with van der Waals surface area (Å²) in [6.45, 7) is 3.85. The molecule has 0 radical (unpaired) electrons. The van der Waals surface area contributed by atoms with Crippen molar-refractivity contribution in [3.05, 3.63) is 0 Å². The lowest BCUT2D eigenvalue weighted by Crippen LogP contribution is -2.59. The fourth-order valence-electron chi connectivity index (χ4n) is 6.36. The molecule has 0 bridgehead atoms. The van der Waals surface area contributed by atoms with E-state index in [4.69, 9.17) is 47.5 Å². The van der Waals surface area contributed by atoms with Crippen molar-refractivity contribution in [2.24, 2.45) is 5.41 Å². The summed E-state index contributed by atoms with van der Waals surface area (Å²) in [7, 11) is 0. The average molecular weight is 1050 g/mol. The Labute approximate surface area is 412 Å². The quantitative estimate of drug-likeness (QED) is 0.0128. The lowest BCUT2D eigenvalue weighted by molar-refractivity contribution is -0.201. The molecule has 0 aromatic carbocycles. The highest BCUT2D eigenvalue weighted by Gasteiger charge is 2.48. The number of nitrogens with one attached hydrogen (secondary N) is 3. The number of esters is 9. The number of hydroxylamine groups is 1. The van der Waals surface area contributed by atoms with Gasteiger partial charge in [-0.15, -0.1) is 0 Å². The molecule has 2 amide bonds. The SMILES string of the molecule is CCC(CNOCC(OC(C)=O)C(O)C(OC(C)=O)C(O)COC(C)=O)(CNC(=O)C(OC(C)=O)C(O)C(OC(C)=O)C(O)CO)CNC(=O)C(OC(C)=O)C(OC(C)=O)C(OC(C)=O)C(CO)OC(C)=O. The number of hydrogen-bond acceptors (Lipinski definition) is 28. The van der Waals surface area contributed by atoms with Crippen LogP contribution in [-0.2, 0) is 100 Å². The molecular formula is C42H67N3O27. The smallest absolute Gasteiger partial charge is 0.303 e. The normalized spacial score (nSPS) is 16.9. The highest BCUT2D eigenvalue weighted by molar-refractivity contribution is 5.85. The van der Waals surface area contributed by atoms with E-state index in [1.165, 1.54) is 6.92 Å². The molecule has 0 aliphatic carbocycles. The van der Waals surface area contributed by atoms with Gasteiger partial charge < -0.3 is 83.9 Å². The van der Waals surface area contributed by atoms with Gasteiger partial charge in [-0.05, 0) is 6.42 Å². The van der Waals surface area contributed by atoms with Crippen LogP contribution in [0.25, 0.3) is 0 Å². The van der Waals surface area contributed by atoms with Crippen LogP contribution < -0.4 is 16.1 Å². The summed E-state index contributed by atoms with van der Waals surface area (Å²) >= 11 is 0. The molecule has 0 aliphatic heterocycles. The number of carbonyl (C=O) groups is 11. The molecule has 0 saturated heterocycles. The molecule has 0 aromatic heterocycles. The summed E-state index contributed by atoms with van der Waals surface area (Å²) in [5.41, 5.74) is 0.864. The van der Waals surface area contributed by atoms with E-state index in [1.54, 1.807) is 0 Å². The van der Waals surface area contributed by atoms with E-state index < -0.39 is 190 Å². The minimum Gasteiger partial charge on any atom is -0.463 e. The molecule has 0 spiro atoms. The molecule has 13 atom stereocenters. The van der Waals surface area contributed by atoms with Gasteiger partial charge >= 0.3 is 53.7 Å². The molecule has 0 rings (SSSR count). The van der Waals surface area contributed by atoms with Gasteiger partial charge in [0.1, 0.15) is 37.6 Å². The summed E-state index contributed by atoms with van der Waals surface area (Å²) in [5, 5.41) is 67.7. The minimum absolute atomic E-state index is 0.141. The van der Waals surface area contributed by atoms with Crippen LogP contribution in [0.15, 0.2) is 0 Å². The van der Waals surface area contributed by atoms with E-state index in [-0.39, 0.29) is 6.42 Å². The fourth-order valence-corrected chi connectivity index (χ4v) is 6.36. The molecule has 0 aliphatic rings. The predicted octanol–water partition coefficient (Wildman–Crippen LogP) is -5.42. The number of hydrogen-bond donors (Lipinski definition) is 9. The van der Waals surface area contributed by atoms with Crippen molar-refractivity contribution in [3.8, 4) is 0 Å². The van der Waals surface area contributed by atoms with Crippen LogP contribution in [0.5, 0.6) is 0 Å². The second-order valence-electron chi connectivity index (χ2n) is 15.9. The maximum absolute atomic E-state index is 14.2. The van der Waals surface area contributed by atoms with Gasteiger partial charge in [0.2, 0.25) is 12.2 Å². The van der Waals surface area contributed by atoms with Gasteiger partial charge in [0.05, 0.1) is 13.2 Å². The molecule has 30 nitrogen and oxygen atoms in total. The second-order valence-corrected chi connectivity index (χ2v) is 15.9. The van der Waals surface area contributed by atoms with Crippen LogP contribution in [0.2, 0.25) is 0 Å². The summed E-state index contributed by atoms with van der Waals surface area (Å²) in [5.74, 6) is -12.3. The molecule has 0 fully saturated rings. The Kier molecular flexibility index (Phi) is 30.0. The third-order valence-corrected chi connectivity index (χ3v) is 9.70. The Morgan fingerprint density at radius 3 is 1.25 bits per heavy atom. The van der Waals surface area contributed by atoms with Gasteiger partial charge in [-0.25, -0.2) is 5.48 Å². The van der Waals surface area contributed by atoms with Gasteiger partial charge in [0.25, 0.3) is 11.8 Å². The zero-order valence-corrected chi connectivity index (χ0v) is 41.3. The van der Waals surface area contributed by atoms with E-state index in [0.717, 1.165) is 62.3 Å². The van der Waals surface area contributed by atoms with E-state index in [2.05, 4.69) is 16.1 Å². The van der Waals surface area contributed by atoms with Crippen molar-refractivity contribution in [3.63, 3.8) is 0 Å². The van der Waals surface area contributed by atoms with Crippen molar-refractivity contribution < 1.29 is 131 Å². The Morgan fingerprint density at radius 2 is 0.833 bits per heavy atom. The number of aliphatic hydroxyl groups is 6. The lowest BCUT2D eigenvalue weighted by Gasteiger charge is -2.37. The molecule has 0 saturated carbocycles. The number of carbonyl (C=O) groups excluding carboxylic acids is 11. The van der Waals surface area contributed by atoms with Gasteiger partial charge in [-0.2, -0.15) is 0 Å². The first kappa shape index (κ1) is 65.8. The van der Waals surface area contributed by atoms with E-state index >= 15 is 0 Å². The molecule has 13 unspecified atom stereocenters. The molecule has 9 N–H and O–H groups in total. The van der Waals surface area contributed by atoms with Crippen LogP contribution in [0.1, 0.15) is 75.7 Å². The standard InChI is InChI=1S/C42H67N3O27/c1-11-42(16-43-40(61)37(70-25(8)54)33(60)34(28(57)12-46)67-22(5)51,18-45-64-15-31(66-21(4)50)32(59)35(68-23(6)52)29(58)14-63-19(2)48)17-44-41(62)39(72-27(10)56)38(71-26(9)55)36(69-24(7)53)30(13-47)65-20(3)49/h28-39,45-47,57-60H,11-18H2,1-10H3,(H,43,61)(H,44,62). The molecule has 30 heteroatoms. The van der Waals surface area contributed by atoms with Crippen molar-refractivity contribution in [2.75, 3.05) is 46.1 Å². The van der Waals surface area contributed by atoms with Crippen molar-refractivity contribution >= 4 is 65.5 Å². The van der Waals surface area contributed by atoms with Crippen LogP contribution >= 0.6 is 0 Å². The van der Waals surface area contributed by atoms with E-state index in [1.807, 2.05) is 0 Å². The summed E-state index contributed by atoms with van der Waals surface area (Å²) in [4.78, 5) is 142. The fraction of sp³-hybridized carbons (Fsp3) is 0.738. The Hall–Kier alpha value is -6.15. The van der Waals surface area contributed by atoms with Crippen LogP contribution in [0, 0.1) is 5.41 Å². The van der Waals surface area contributed by atoms with Crippen LogP contribution in [-0.4, -0.2) is 215 Å². The van der Waals surface area contributed by atoms with Gasteiger partial charge in [0.15, 0.2) is 36.6 Å². The third-order valence-electron chi connectivity index (χ3n) is 9.70. The molecule has 72 heavy (non-hydrogen) atoms. The van der Waals surface area contributed by atoms with E-state index in [9.17, 15) is 83.4 Å². The molecule has 0 heterocycles. The first-order valence-corrected chi connectivity index (χ1v) is 21.8. The first-order valence-electron chi connectivity index (χ1n) is 21.8. The van der Waals surface area contributed by atoms with Crippen molar-refractivity contribution in [2.45, 2.75) is 149 Å². The average Bonchev–Trinajstić information content (AvgIpc) is 3.28. The van der Waals surface area contributed by atoms with Gasteiger partial charge in [-0.3, -0.25) is 57.6 Å². The zero-order valence-electron chi connectivity index (χ0n) is 41.3. The summed E-state index contributed by atoms with van der Waals surface area (Å²) in [6.07, 6.45) is -24.7. The van der Waals surface area contributed by atoms with Crippen molar-refractivity contribution in [1.82, 2.24) is 16.1 Å². The lowest BCUT2D eigenvalue weighted by atomic mass is 9.84. The maximum Gasteiger partial charge on any atom is 0.303 e. The predicted molar refractivity (Wildman–Crippen MR) is 232 cm³/mol. The van der Waals surface area contributed by atoms with Crippen LogP contribution in [0.4, 0.5) is 0 Å². The third kappa shape index (κ3) is 24.3. The largest absolute Gasteiger partial charge is 0.463 e. The number of ether oxygens (including phenoxy) is 9. The monoisotopic (exact) mass is 1050 g/mol. The van der Waals surface area contributed by atoms with Crippen molar-refractivity contribution in [1.29, 1.82) is 0 Å². The highest BCUT2D eigenvalue weighted by atomic mass is 16.7. The Morgan fingerprint density at radius 1 is 0.431 bits per heavy atom. The summed E-state index contributed by atoms with van der Waals surface area (Å²) < 4.78 is 45.6. The molecule has 412 valence electrons. The minimum atomic E-state index is -2.34. The van der Waals surface area contributed by atoms with Gasteiger partial charge in [-0.1, -0.05) is 6.92 Å². The second kappa shape index (κ2) is 32.7. The molecular weight excluding hydrogens is 978 g/mol. The van der Waals surface area contributed by atoms with Crippen LogP contribution in [0.3, 0.4) is 0 Å². The Balaban J connectivity index is 7.44. The molecule has 0 aromatic rings. The number of aliphatic hydroxyl groups excluding tert-OH is 6. The zero-order chi connectivity index (χ0) is 55.6. The maximum atomic E-state index is 14.2. The topological polar surface area (TPSA) is 438 Å². The number of rotatable bonds is 33. The van der Waals surface area contributed by atoms with E-state index in [0.29, 0.717) is 0 Å².